The van der Waals surface area contributed by atoms with Gasteiger partial charge in [-0.1, -0.05) is 104 Å². The zero-order chi connectivity index (χ0) is 17.0. The quantitative estimate of drug-likeness (QED) is 0.214. The van der Waals surface area contributed by atoms with Gasteiger partial charge in [-0.3, -0.25) is 0 Å². The minimum absolute atomic E-state index is 0.343. The number of hydroxylamine groups is 1. The van der Waals surface area contributed by atoms with Crippen molar-refractivity contribution in [1.82, 2.24) is 0 Å². The van der Waals surface area contributed by atoms with Gasteiger partial charge >= 0.3 is 0 Å². The molecule has 0 aliphatic carbocycles. The summed E-state index contributed by atoms with van der Waals surface area (Å²) in [6.07, 6.45) is 24.0. The van der Waals surface area contributed by atoms with Gasteiger partial charge in [0.2, 0.25) is 0 Å². The van der Waals surface area contributed by atoms with E-state index in [1.807, 2.05) is 0 Å². The molecule has 0 saturated carbocycles. The van der Waals surface area contributed by atoms with Gasteiger partial charge in [-0.25, -0.2) is 0 Å². The van der Waals surface area contributed by atoms with Crippen molar-refractivity contribution in [3.63, 3.8) is 0 Å². The second-order valence-electron chi connectivity index (χ2n) is 7.42. The Balaban J connectivity index is 3.29. The summed E-state index contributed by atoms with van der Waals surface area (Å²) < 4.78 is 0. The van der Waals surface area contributed by atoms with Crippen molar-refractivity contribution in [1.29, 1.82) is 0 Å². The molecule has 0 rings (SSSR count). The maximum absolute atomic E-state index is 11.2. The molecule has 0 saturated heterocycles. The number of rotatable bonds is 19. The summed E-state index contributed by atoms with van der Waals surface area (Å²) in [4.78, 5) is 0. The van der Waals surface area contributed by atoms with E-state index in [2.05, 4.69) is 13.8 Å². The molecular formula is C21H45NO. The molecule has 140 valence electrons. The maximum atomic E-state index is 11.2. The molecule has 0 fully saturated rings. The molecular weight excluding hydrogens is 282 g/mol. The van der Waals surface area contributed by atoms with Crippen molar-refractivity contribution in [2.45, 2.75) is 135 Å². The van der Waals surface area contributed by atoms with Gasteiger partial charge in [-0.2, -0.15) is 0 Å². The minimum Gasteiger partial charge on any atom is -0.636 e. The highest BCUT2D eigenvalue weighted by Gasteiger charge is 2.07. The Morgan fingerprint density at radius 2 is 0.826 bits per heavy atom. The Labute approximate surface area is 146 Å². The molecule has 0 unspecified atom stereocenters. The van der Waals surface area contributed by atoms with E-state index in [1.54, 1.807) is 0 Å². The van der Waals surface area contributed by atoms with E-state index >= 15 is 0 Å². The highest BCUT2D eigenvalue weighted by Crippen LogP contribution is 2.13. The van der Waals surface area contributed by atoms with E-state index in [0.29, 0.717) is 6.04 Å². The lowest BCUT2D eigenvalue weighted by Gasteiger charge is -2.17. The van der Waals surface area contributed by atoms with E-state index in [4.69, 9.17) is 0 Å². The van der Waals surface area contributed by atoms with Gasteiger partial charge in [-0.15, -0.1) is 0 Å². The summed E-state index contributed by atoms with van der Waals surface area (Å²) >= 11 is 0. The van der Waals surface area contributed by atoms with Crippen molar-refractivity contribution in [3.05, 3.63) is 5.21 Å². The first-order valence-electron chi connectivity index (χ1n) is 10.8. The Morgan fingerprint density at radius 3 is 1.13 bits per heavy atom. The molecule has 0 aliphatic rings. The first kappa shape index (κ1) is 22.9. The van der Waals surface area contributed by atoms with Gasteiger partial charge in [-0.05, 0) is 25.7 Å². The Morgan fingerprint density at radius 1 is 0.522 bits per heavy atom. The first-order chi connectivity index (χ1) is 11.3. The SMILES string of the molecule is CCCCCCCCCCC(CCCCCCCCCC)[NH2+][O-]. The van der Waals surface area contributed by atoms with Crippen molar-refractivity contribution in [3.8, 4) is 0 Å². The molecule has 0 aliphatic heterocycles. The topological polar surface area (TPSA) is 39.7 Å². The monoisotopic (exact) mass is 327 g/mol. The summed E-state index contributed by atoms with van der Waals surface area (Å²) in [5.41, 5.74) is 1.22. The van der Waals surface area contributed by atoms with Crippen LogP contribution in [0.25, 0.3) is 0 Å². The lowest BCUT2D eigenvalue weighted by molar-refractivity contribution is -0.629. The van der Waals surface area contributed by atoms with Gasteiger partial charge in [0, 0.05) is 0 Å². The number of nitrogens with two attached hydrogens (primary N) is 1. The predicted octanol–water partition coefficient (Wildman–Crippen LogP) is 6.48. The van der Waals surface area contributed by atoms with E-state index in [1.165, 1.54) is 108 Å². The van der Waals surface area contributed by atoms with Crippen molar-refractivity contribution in [2.75, 3.05) is 0 Å². The van der Waals surface area contributed by atoms with Crippen LogP contribution < -0.4 is 5.48 Å². The maximum Gasteiger partial charge on any atom is 0.0856 e. The van der Waals surface area contributed by atoms with Crippen LogP contribution in [-0.4, -0.2) is 6.04 Å². The molecule has 0 heterocycles. The van der Waals surface area contributed by atoms with Gasteiger partial charge in [0.25, 0.3) is 0 Å². The van der Waals surface area contributed by atoms with E-state index in [9.17, 15) is 5.21 Å². The largest absolute Gasteiger partial charge is 0.636 e. The molecule has 0 aromatic heterocycles. The lowest BCUT2D eigenvalue weighted by atomic mass is 10.0. The number of hydrogen-bond donors (Lipinski definition) is 1. The molecule has 0 bridgehead atoms. The summed E-state index contributed by atoms with van der Waals surface area (Å²) in [5.74, 6) is 0. The molecule has 0 aromatic rings. The van der Waals surface area contributed by atoms with Gasteiger partial charge in [0.15, 0.2) is 0 Å². The summed E-state index contributed by atoms with van der Waals surface area (Å²) in [5, 5.41) is 11.2. The summed E-state index contributed by atoms with van der Waals surface area (Å²) in [6.45, 7) is 4.54. The average Bonchev–Trinajstić information content (AvgIpc) is 2.57. The van der Waals surface area contributed by atoms with Crippen molar-refractivity contribution < 1.29 is 5.48 Å². The summed E-state index contributed by atoms with van der Waals surface area (Å²) in [6, 6.07) is 0.343. The fourth-order valence-electron chi connectivity index (χ4n) is 3.36. The van der Waals surface area contributed by atoms with Crippen LogP contribution in [0, 0.1) is 5.21 Å². The van der Waals surface area contributed by atoms with Crippen LogP contribution in [0.5, 0.6) is 0 Å². The molecule has 2 N–H and O–H groups in total. The summed E-state index contributed by atoms with van der Waals surface area (Å²) in [7, 11) is 0. The zero-order valence-electron chi connectivity index (χ0n) is 16.3. The third-order valence-corrected chi connectivity index (χ3v) is 5.05. The van der Waals surface area contributed by atoms with Gasteiger partial charge in [0.05, 0.1) is 6.04 Å². The number of hydrogen-bond acceptors (Lipinski definition) is 1. The van der Waals surface area contributed by atoms with Crippen LogP contribution in [0.3, 0.4) is 0 Å². The van der Waals surface area contributed by atoms with E-state index in [-0.39, 0.29) is 0 Å². The second-order valence-corrected chi connectivity index (χ2v) is 7.42. The molecule has 0 amide bonds. The highest BCUT2D eigenvalue weighted by atomic mass is 16.5. The number of unbranched alkanes of at least 4 members (excludes halogenated alkanes) is 14. The average molecular weight is 328 g/mol. The Bertz CT molecular complexity index is 188. The Kier molecular flexibility index (Phi) is 19.9. The smallest absolute Gasteiger partial charge is 0.0856 e. The molecule has 0 radical (unpaired) electrons. The zero-order valence-corrected chi connectivity index (χ0v) is 16.3. The predicted molar refractivity (Wildman–Crippen MR) is 104 cm³/mol. The molecule has 23 heavy (non-hydrogen) atoms. The van der Waals surface area contributed by atoms with Crippen LogP contribution in [0.4, 0.5) is 0 Å². The van der Waals surface area contributed by atoms with Gasteiger partial charge in [0.1, 0.15) is 0 Å². The fraction of sp³-hybridized carbons (Fsp3) is 1.00. The van der Waals surface area contributed by atoms with Gasteiger partial charge < -0.3 is 10.7 Å². The normalized spacial score (nSPS) is 11.5. The van der Waals surface area contributed by atoms with Crippen LogP contribution in [0.2, 0.25) is 0 Å². The number of quaternary nitrogens is 1. The first-order valence-corrected chi connectivity index (χ1v) is 10.8. The standard InChI is InChI=1S/C21H45NO/c1-3-5-7-9-11-13-15-17-19-21(22-23)20-18-16-14-12-10-8-6-4-2/h21H,3-20,22H2,1-2H3. The van der Waals surface area contributed by atoms with Crippen molar-refractivity contribution in [2.24, 2.45) is 0 Å². The second kappa shape index (κ2) is 20.0. The van der Waals surface area contributed by atoms with Crippen LogP contribution in [0.15, 0.2) is 0 Å². The highest BCUT2D eigenvalue weighted by molar-refractivity contribution is 4.57. The van der Waals surface area contributed by atoms with E-state index < -0.39 is 0 Å². The molecule has 0 aromatic carbocycles. The van der Waals surface area contributed by atoms with Crippen LogP contribution in [0.1, 0.15) is 129 Å². The third kappa shape index (κ3) is 18.1. The van der Waals surface area contributed by atoms with Crippen molar-refractivity contribution >= 4 is 0 Å². The Hall–Kier alpha value is -0.0800. The minimum atomic E-state index is 0.343. The third-order valence-electron chi connectivity index (χ3n) is 5.05. The van der Waals surface area contributed by atoms with Crippen LogP contribution in [-0.2, 0) is 0 Å². The molecule has 2 heteroatoms. The molecule has 0 atom stereocenters. The lowest BCUT2D eigenvalue weighted by Crippen LogP contribution is -2.84. The van der Waals surface area contributed by atoms with Crippen LogP contribution >= 0.6 is 0 Å². The fourth-order valence-corrected chi connectivity index (χ4v) is 3.36. The molecule has 0 spiro atoms. The van der Waals surface area contributed by atoms with E-state index in [0.717, 1.165) is 12.8 Å². The molecule has 2 nitrogen and oxygen atoms in total.